The second-order valence-corrected chi connectivity index (χ2v) is 9.99. The lowest BCUT2D eigenvalue weighted by Crippen LogP contribution is -2.56. The summed E-state index contributed by atoms with van der Waals surface area (Å²) in [5.74, 6) is 0.647. The Morgan fingerprint density at radius 3 is 2.17 bits per heavy atom. The number of hydrogen-bond donors (Lipinski definition) is 1. The summed E-state index contributed by atoms with van der Waals surface area (Å²) in [5.41, 5.74) is 2.25. The van der Waals surface area contributed by atoms with Crippen LogP contribution in [0.5, 0.6) is 5.75 Å². The predicted molar refractivity (Wildman–Crippen MR) is 139 cm³/mol. The molecule has 0 radical (unpaired) electrons. The number of likely N-dealkylation sites (tertiary alicyclic amines) is 1. The number of methoxy groups -OCH3 is 1. The zero-order valence-corrected chi connectivity index (χ0v) is 21.6. The first kappa shape index (κ1) is 25.7. The van der Waals surface area contributed by atoms with E-state index in [2.05, 4.69) is 10.2 Å². The Labute approximate surface area is 213 Å². The van der Waals surface area contributed by atoms with Crippen molar-refractivity contribution in [2.45, 2.75) is 58.2 Å². The number of rotatable bonds is 8. The van der Waals surface area contributed by atoms with Crippen molar-refractivity contribution in [3.63, 3.8) is 0 Å². The molecule has 2 aliphatic rings. The van der Waals surface area contributed by atoms with Gasteiger partial charge in [0.25, 0.3) is 5.91 Å². The molecular weight excluding hydrogens is 456 g/mol. The van der Waals surface area contributed by atoms with Crippen molar-refractivity contribution in [3.8, 4) is 5.75 Å². The zero-order valence-electron chi connectivity index (χ0n) is 21.6. The Bertz CT molecular complexity index is 1090. The molecule has 2 saturated heterocycles. The number of nitrogens with zero attached hydrogens (tertiary/aromatic N) is 3. The van der Waals surface area contributed by atoms with Gasteiger partial charge in [0.15, 0.2) is 0 Å². The fourth-order valence-corrected chi connectivity index (χ4v) is 5.26. The minimum atomic E-state index is -0.778. The summed E-state index contributed by atoms with van der Waals surface area (Å²) in [6.45, 7) is 8.03. The molecule has 1 spiro atoms. The van der Waals surface area contributed by atoms with Gasteiger partial charge >= 0.3 is 6.03 Å². The van der Waals surface area contributed by atoms with Crippen LogP contribution in [0.3, 0.4) is 0 Å². The van der Waals surface area contributed by atoms with Crippen LogP contribution < -0.4 is 10.1 Å². The lowest BCUT2D eigenvalue weighted by molar-refractivity contribution is -0.136. The molecule has 2 aromatic rings. The maximum Gasteiger partial charge on any atom is 0.327 e. The fourth-order valence-electron chi connectivity index (χ4n) is 5.26. The van der Waals surface area contributed by atoms with Gasteiger partial charge in [0.2, 0.25) is 5.91 Å². The molecule has 192 valence electrons. The van der Waals surface area contributed by atoms with Gasteiger partial charge in [0, 0.05) is 44.8 Å². The summed E-state index contributed by atoms with van der Waals surface area (Å²) in [6, 6.07) is 15.3. The summed E-state index contributed by atoms with van der Waals surface area (Å²) >= 11 is 0. The standard InChI is InChI=1S/C28H36N4O4/c1-20(2)32-26(34)28(31(27(32)35)16-13-22-7-11-25(36-4)12-8-22)14-17-30(18-15-28)19-23-5-9-24(10-6-23)29-21(3)33/h5-12,20H,13-19H2,1-4H3,(H,29,33). The number of anilines is 1. The molecule has 0 aliphatic carbocycles. The first-order valence-corrected chi connectivity index (χ1v) is 12.6. The third kappa shape index (κ3) is 5.23. The van der Waals surface area contributed by atoms with Gasteiger partial charge in [-0.1, -0.05) is 24.3 Å². The number of amides is 4. The average molecular weight is 493 g/mol. The fraction of sp³-hybridized carbons (Fsp3) is 0.464. The van der Waals surface area contributed by atoms with Crippen molar-refractivity contribution in [1.29, 1.82) is 0 Å². The quantitative estimate of drug-likeness (QED) is 0.565. The Morgan fingerprint density at radius 1 is 1.00 bits per heavy atom. The van der Waals surface area contributed by atoms with E-state index < -0.39 is 5.54 Å². The minimum absolute atomic E-state index is 0.0588. The highest BCUT2D eigenvalue weighted by Crippen LogP contribution is 2.38. The van der Waals surface area contributed by atoms with Crippen LogP contribution in [0, 0.1) is 0 Å². The number of nitrogens with one attached hydrogen (secondary N) is 1. The summed E-state index contributed by atoms with van der Waals surface area (Å²) in [6.07, 6.45) is 1.92. The van der Waals surface area contributed by atoms with E-state index >= 15 is 0 Å². The summed E-state index contributed by atoms with van der Waals surface area (Å²) in [7, 11) is 1.64. The topological polar surface area (TPSA) is 82.2 Å². The Balaban J connectivity index is 1.44. The van der Waals surface area contributed by atoms with Crippen molar-refractivity contribution < 1.29 is 19.1 Å². The highest BCUT2D eigenvalue weighted by Gasteiger charge is 2.58. The van der Waals surface area contributed by atoms with Crippen LogP contribution in [0.2, 0.25) is 0 Å². The smallest absolute Gasteiger partial charge is 0.327 e. The number of ether oxygens (including phenoxy) is 1. The molecule has 2 heterocycles. The van der Waals surface area contributed by atoms with Gasteiger partial charge in [0.1, 0.15) is 11.3 Å². The van der Waals surface area contributed by atoms with E-state index in [1.807, 2.05) is 67.3 Å². The normalized spacial score (nSPS) is 17.8. The maximum atomic E-state index is 13.6. The van der Waals surface area contributed by atoms with Crippen LogP contribution in [0.1, 0.15) is 44.7 Å². The van der Waals surface area contributed by atoms with E-state index in [0.29, 0.717) is 25.8 Å². The van der Waals surface area contributed by atoms with Crippen molar-refractivity contribution in [3.05, 3.63) is 59.7 Å². The highest BCUT2D eigenvalue weighted by atomic mass is 16.5. The predicted octanol–water partition coefficient (Wildman–Crippen LogP) is 3.90. The van der Waals surface area contributed by atoms with Crippen molar-refractivity contribution in [2.75, 3.05) is 32.1 Å². The van der Waals surface area contributed by atoms with Gasteiger partial charge in [0.05, 0.1) is 7.11 Å². The molecule has 0 unspecified atom stereocenters. The number of benzene rings is 2. The van der Waals surface area contributed by atoms with Gasteiger partial charge in [-0.3, -0.25) is 19.4 Å². The second kappa shape index (κ2) is 10.7. The molecule has 8 heteroatoms. The molecule has 0 atom stereocenters. The van der Waals surface area contributed by atoms with Crippen LogP contribution >= 0.6 is 0 Å². The molecule has 36 heavy (non-hydrogen) atoms. The van der Waals surface area contributed by atoms with Crippen LogP contribution in [-0.2, 0) is 22.6 Å². The Morgan fingerprint density at radius 2 is 1.61 bits per heavy atom. The number of carbonyl (C=O) groups is 3. The number of carbonyl (C=O) groups excluding carboxylic acids is 3. The van der Waals surface area contributed by atoms with Crippen molar-refractivity contribution >= 4 is 23.5 Å². The summed E-state index contributed by atoms with van der Waals surface area (Å²) in [4.78, 5) is 43.9. The van der Waals surface area contributed by atoms with E-state index in [9.17, 15) is 14.4 Å². The molecule has 1 N–H and O–H groups in total. The lowest BCUT2D eigenvalue weighted by Gasteiger charge is -2.42. The first-order valence-electron chi connectivity index (χ1n) is 12.6. The largest absolute Gasteiger partial charge is 0.497 e. The van der Waals surface area contributed by atoms with Crippen LogP contribution in [0.25, 0.3) is 0 Å². The van der Waals surface area contributed by atoms with Gasteiger partial charge in [-0.05, 0) is 68.5 Å². The van der Waals surface area contributed by atoms with Gasteiger partial charge in [-0.15, -0.1) is 0 Å². The second-order valence-electron chi connectivity index (χ2n) is 9.99. The molecule has 0 saturated carbocycles. The minimum Gasteiger partial charge on any atom is -0.497 e. The SMILES string of the molecule is COc1ccc(CCN2C(=O)N(C(C)C)C(=O)C23CCN(Cc2ccc(NC(C)=O)cc2)CC3)cc1. The number of urea groups is 1. The number of imide groups is 1. The van der Waals surface area contributed by atoms with E-state index in [1.165, 1.54) is 11.8 Å². The van der Waals surface area contributed by atoms with Crippen LogP contribution in [0.4, 0.5) is 10.5 Å². The Hall–Kier alpha value is -3.39. The molecule has 4 rings (SSSR count). The van der Waals surface area contributed by atoms with E-state index in [0.717, 1.165) is 42.2 Å². The molecular formula is C28H36N4O4. The van der Waals surface area contributed by atoms with Crippen LogP contribution in [-0.4, -0.2) is 70.9 Å². The molecule has 2 fully saturated rings. The van der Waals surface area contributed by atoms with E-state index in [1.54, 1.807) is 7.11 Å². The first-order chi connectivity index (χ1) is 17.2. The molecule has 2 aliphatic heterocycles. The summed E-state index contributed by atoms with van der Waals surface area (Å²) < 4.78 is 5.25. The molecule has 0 aromatic heterocycles. The van der Waals surface area contributed by atoms with Gasteiger partial charge < -0.3 is 15.0 Å². The molecule has 0 bridgehead atoms. The number of hydrogen-bond acceptors (Lipinski definition) is 5. The lowest BCUT2D eigenvalue weighted by atomic mass is 9.85. The Kier molecular flexibility index (Phi) is 7.64. The van der Waals surface area contributed by atoms with Crippen LogP contribution in [0.15, 0.2) is 48.5 Å². The van der Waals surface area contributed by atoms with Gasteiger partial charge in [-0.25, -0.2) is 4.79 Å². The van der Waals surface area contributed by atoms with E-state index in [-0.39, 0.29) is 23.9 Å². The molecule has 4 amide bonds. The van der Waals surface area contributed by atoms with E-state index in [4.69, 9.17) is 4.74 Å². The van der Waals surface area contributed by atoms with Gasteiger partial charge in [-0.2, -0.15) is 0 Å². The molecule has 8 nitrogen and oxygen atoms in total. The third-order valence-electron chi connectivity index (χ3n) is 7.23. The summed E-state index contributed by atoms with van der Waals surface area (Å²) in [5, 5.41) is 2.79. The highest BCUT2D eigenvalue weighted by molar-refractivity contribution is 6.07. The zero-order chi connectivity index (χ0) is 25.9. The third-order valence-corrected chi connectivity index (χ3v) is 7.23. The maximum absolute atomic E-state index is 13.6. The average Bonchev–Trinajstić information content (AvgIpc) is 3.06. The van der Waals surface area contributed by atoms with Crippen molar-refractivity contribution in [2.24, 2.45) is 0 Å². The monoisotopic (exact) mass is 492 g/mol. The molecule has 2 aromatic carbocycles. The number of piperidine rings is 1. The van der Waals surface area contributed by atoms with Crippen molar-refractivity contribution in [1.82, 2.24) is 14.7 Å².